The first kappa shape index (κ1) is 75.6. The Kier molecular flexibility index (Phi) is 27.1. The van der Waals surface area contributed by atoms with Gasteiger partial charge in [-0.15, -0.1) is 0 Å². The fourth-order valence-corrected chi connectivity index (χ4v) is 11.6. The fraction of sp³-hybridized carbons (Fsp3) is 0.420. The van der Waals surface area contributed by atoms with E-state index in [0.29, 0.717) is 50.5 Å². The first-order valence-corrected chi connectivity index (χ1v) is 32.6. The van der Waals surface area contributed by atoms with Gasteiger partial charge in [-0.2, -0.15) is 0 Å². The van der Waals surface area contributed by atoms with E-state index in [2.05, 4.69) is 52.5 Å². The number of aliphatic carboxylic acids is 2. The van der Waals surface area contributed by atoms with Gasteiger partial charge in [-0.1, -0.05) is 107 Å². The first-order chi connectivity index (χ1) is 47.1. The molecule has 530 valence electrons. The SMILES string of the molecule is CC(C)C[C@H](NC(=O)[C@H](CCCN)NC(=O)[C@@H](N)C(C)C)C(=O)N[C@@H](Cc1ccc(O)cc1)C(=O)N1CC(F)C[C@H]1C(=O)N[C@@H](Cc1c[nH]c2ccccc12)C(=O)N[C@@H](Cc1ccccc1)C(=O)N[C@@H](CC(N)=O)C(=O)N[C@@H](CC(=O)O)C(=O)N[C@@H](Cc1c[nH]c2ccccc12)C(=O)O. The second-order valence-electron chi connectivity index (χ2n) is 25.5. The van der Waals surface area contributed by atoms with Gasteiger partial charge in [0.2, 0.25) is 59.1 Å². The molecule has 11 atom stereocenters. The van der Waals surface area contributed by atoms with Gasteiger partial charge in [-0.3, -0.25) is 52.7 Å². The molecule has 0 saturated carbocycles. The largest absolute Gasteiger partial charge is 0.508 e. The van der Waals surface area contributed by atoms with Crippen molar-refractivity contribution in [3.63, 3.8) is 0 Å². The van der Waals surface area contributed by atoms with E-state index in [9.17, 15) is 58.5 Å². The van der Waals surface area contributed by atoms with Crippen LogP contribution in [0.15, 0.2) is 116 Å². The van der Waals surface area contributed by atoms with E-state index in [1.165, 1.54) is 24.3 Å². The van der Waals surface area contributed by atoms with E-state index < -0.39 is 163 Å². The summed E-state index contributed by atoms with van der Waals surface area (Å²) in [5.74, 6) is -13.8. The zero-order valence-electron chi connectivity index (χ0n) is 55.3. The number of fused-ring (bicyclic) bond motifs is 2. The molecule has 1 aliphatic heterocycles. The summed E-state index contributed by atoms with van der Waals surface area (Å²) in [5.41, 5.74) is 20.6. The summed E-state index contributed by atoms with van der Waals surface area (Å²) in [6.07, 6.45) is -2.11. The zero-order valence-corrected chi connectivity index (χ0v) is 55.3. The van der Waals surface area contributed by atoms with Crippen LogP contribution in [0.4, 0.5) is 4.39 Å². The van der Waals surface area contributed by atoms with Gasteiger partial charge in [0.15, 0.2) is 0 Å². The number of carbonyl (C=O) groups excluding carboxylic acids is 10. The van der Waals surface area contributed by atoms with E-state index >= 15 is 18.8 Å². The number of aromatic hydroxyl groups is 1. The molecule has 1 fully saturated rings. The van der Waals surface area contributed by atoms with Crippen molar-refractivity contribution in [1.29, 1.82) is 0 Å². The lowest BCUT2D eigenvalue weighted by Crippen LogP contribution is -2.61. The molecule has 7 rings (SSSR count). The molecule has 29 nitrogen and oxygen atoms in total. The number of alkyl halides is 1. The number of phenolic OH excluding ortho intramolecular Hbond substituents is 1. The third kappa shape index (κ3) is 21.6. The van der Waals surface area contributed by atoms with Crippen molar-refractivity contribution in [2.45, 2.75) is 158 Å². The Morgan fingerprint density at radius 3 is 1.55 bits per heavy atom. The monoisotopic (exact) mass is 1370 g/mol. The lowest BCUT2D eigenvalue weighted by atomic mass is 9.99. The molecule has 2 aromatic heterocycles. The van der Waals surface area contributed by atoms with Gasteiger partial charge in [0, 0.05) is 66.3 Å². The molecule has 19 N–H and O–H groups in total. The van der Waals surface area contributed by atoms with Gasteiger partial charge in [0.05, 0.1) is 25.4 Å². The number of likely N-dealkylation sites (tertiary alicyclic amines) is 1. The number of phenols is 1. The highest BCUT2D eigenvalue weighted by Crippen LogP contribution is 2.26. The lowest BCUT2D eigenvalue weighted by Gasteiger charge is -2.31. The van der Waals surface area contributed by atoms with Crippen LogP contribution in [0, 0.1) is 11.8 Å². The average molecular weight is 1370 g/mol. The summed E-state index contributed by atoms with van der Waals surface area (Å²) in [4.78, 5) is 174. The number of carbonyl (C=O) groups is 12. The van der Waals surface area contributed by atoms with Crippen molar-refractivity contribution in [3.8, 4) is 5.75 Å². The van der Waals surface area contributed by atoms with Crippen molar-refractivity contribution in [2.24, 2.45) is 29.0 Å². The number of primary amides is 1. The van der Waals surface area contributed by atoms with Crippen molar-refractivity contribution in [1.82, 2.24) is 57.4 Å². The molecule has 0 aliphatic carbocycles. The number of nitrogens with one attached hydrogen (secondary N) is 10. The number of amides is 10. The number of hydrogen-bond acceptors (Lipinski definition) is 15. The predicted molar refractivity (Wildman–Crippen MR) is 361 cm³/mol. The first-order valence-electron chi connectivity index (χ1n) is 32.6. The number of hydrogen-bond donors (Lipinski definition) is 16. The quantitative estimate of drug-likeness (QED) is 0.0257. The van der Waals surface area contributed by atoms with Gasteiger partial charge in [0.1, 0.15) is 66.3 Å². The molecule has 1 aliphatic rings. The Hall–Kier alpha value is -10.8. The molecule has 1 unspecified atom stereocenters. The number of nitrogens with zero attached hydrogens (tertiary/aromatic N) is 1. The van der Waals surface area contributed by atoms with Crippen LogP contribution in [-0.2, 0) is 83.2 Å². The van der Waals surface area contributed by atoms with Crippen LogP contribution in [0.2, 0.25) is 0 Å². The highest BCUT2D eigenvalue weighted by Gasteiger charge is 2.45. The number of carboxylic acids is 2. The number of rotatable bonds is 36. The molecule has 10 amide bonds. The number of para-hydroxylation sites is 2. The summed E-state index contributed by atoms with van der Waals surface area (Å²) in [7, 11) is 0. The van der Waals surface area contributed by atoms with Gasteiger partial charge in [-0.05, 0) is 84.2 Å². The third-order valence-corrected chi connectivity index (χ3v) is 16.9. The summed E-state index contributed by atoms with van der Waals surface area (Å²) < 4.78 is 16.1. The minimum Gasteiger partial charge on any atom is -0.508 e. The highest BCUT2D eigenvalue weighted by molar-refractivity contribution is 6.01. The van der Waals surface area contributed by atoms with Gasteiger partial charge in [0.25, 0.3) is 0 Å². The van der Waals surface area contributed by atoms with E-state index in [1.807, 2.05) is 0 Å². The van der Waals surface area contributed by atoms with Crippen molar-refractivity contribution >= 4 is 92.8 Å². The molecule has 0 bridgehead atoms. The van der Waals surface area contributed by atoms with E-state index in [0.717, 1.165) is 4.90 Å². The Morgan fingerprint density at radius 1 is 0.545 bits per heavy atom. The molecule has 3 heterocycles. The molecular formula is C69H87FN14O15. The highest BCUT2D eigenvalue weighted by atomic mass is 19.1. The number of carboxylic acid groups (broad SMARTS) is 2. The zero-order chi connectivity index (χ0) is 72.2. The Morgan fingerprint density at radius 2 is 1.00 bits per heavy atom. The third-order valence-electron chi connectivity index (χ3n) is 16.9. The Balaban J connectivity index is 1.15. The number of aromatic amines is 2. The second-order valence-corrected chi connectivity index (χ2v) is 25.5. The van der Waals surface area contributed by atoms with Gasteiger partial charge >= 0.3 is 11.9 Å². The van der Waals surface area contributed by atoms with Crippen LogP contribution in [0.5, 0.6) is 5.75 Å². The fourth-order valence-electron chi connectivity index (χ4n) is 11.6. The van der Waals surface area contributed by atoms with Crippen LogP contribution < -0.4 is 59.7 Å². The molecule has 30 heteroatoms. The van der Waals surface area contributed by atoms with E-state index in [-0.39, 0.29) is 62.7 Å². The van der Waals surface area contributed by atoms with Crippen LogP contribution in [-0.4, -0.2) is 181 Å². The molecule has 0 spiro atoms. The molecule has 1 saturated heterocycles. The van der Waals surface area contributed by atoms with Crippen molar-refractivity contribution in [2.75, 3.05) is 13.1 Å². The minimum absolute atomic E-state index is 0.0284. The van der Waals surface area contributed by atoms with Crippen LogP contribution in [0.1, 0.15) is 88.5 Å². The molecule has 6 aromatic rings. The van der Waals surface area contributed by atoms with Crippen LogP contribution in [0.25, 0.3) is 21.8 Å². The van der Waals surface area contributed by atoms with Crippen molar-refractivity contribution in [3.05, 3.63) is 138 Å². The maximum atomic E-state index is 16.1. The maximum Gasteiger partial charge on any atom is 0.326 e. The molecule has 99 heavy (non-hydrogen) atoms. The van der Waals surface area contributed by atoms with Gasteiger partial charge in [-0.25, -0.2) is 9.18 Å². The van der Waals surface area contributed by atoms with Crippen molar-refractivity contribution < 1.29 is 77.2 Å². The average Bonchev–Trinajstić information content (AvgIpc) is 1.74. The number of H-pyrrole nitrogens is 2. The molecular weight excluding hydrogens is 1280 g/mol. The Bertz CT molecular complexity index is 3860. The van der Waals surface area contributed by atoms with E-state index in [1.54, 1.807) is 119 Å². The summed E-state index contributed by atoms with van der Waals surface area (Å²) in [6, 6.07) is 12.1. The smallest absolute Gasteiger partial charge is 0.326 e. The topological polar surface area (TPSA) is 475 Å². The minimum atomic E-state index is -1.99. The number of nitrogens with two attached hydrogens (primary N) is 3. The Labute approximate surface area is 569 Å². The summed E-state index contributed by atoms with van der Waals surface area (Å²) in [6.45, 7) is 6.54. The number of halogens is 1. The summed E-state index contributed by atoms with van der Waals surface area (Å²) in [5, 5.41) is 51.8. The lowest BCUT2D eigenvalue weighted by molar-refractivity contribution is -0.144. The second kappa shape index (κ2) is 35.5. The number of aromatic nitrogens is 2. The maximum absolute atomic E-state index is 16.1. The predicted octanol–water partition coefficient (Wildman–Crippen LogP) is 0.646. The molecule has 4 aromatic carbocycles. The summed E-state index contributed by atoms with van der Waals surface area (Å²) >= 11 is 0. The molecule has 0 radical (unpaired) electrons. The normalized spacial score (nSPS) is 16.4. The standard InChI is InChI=1S/C69H87FN14O15/c1-36(2)25-49(77-60(89)48(19-12-24-71)76-67(96)59(73)37(3)4)61(90)82-54(27-39-20-22-43(85)23-21-39)68(97)84-35-42(70)30-56(84)66(95)81-51(28-40-33-74-46-17-10-8-15-44(40)46)63(92)78-50(26-38-13-6-5-7-14-38)62(91)79-52(31-57(72)86)64(93)80-53(32-58(87)88)65(94)83-55(69(98)99)29-41-34-75-47-18-11-9-16-45(41)47/h5-11,13-18,20-23,33-34,36-37,42,48-56,59,74-75,85H,12,19,24-32,35,71,73H2,1-4H3,(H2,72,86)(H,76,96)(H,77,89)(H,78,92)(H,79,91)(H,80,93)(H,81,95)(H,82,90)(H,83,94)(H,87,88)(H,98,99)/t42?,48-,49-,50-,51-,52-,53-,54-,55-,56-,59-/m0/s1. The number of benzene rings is 4. The van der Waals surface area contributed by atoms with Gasteiger partial charge < -0.3 is 89.9 Å². The van der Waals surface area contributed by atoms with Crippen LogP contribution in [0.3, 0.4) is 0 Å². The van der Waals surface area contributed by atoms with E-state index in [4.69, 9.17) is 17.2 Å². The van der Waals surface area contributed by atoms with Crippen LogP contribution >= 0.6 is 0 Å².